The van der Waals surface area contributed by atoms with E-state index in [0.717, 1.165) is 36.7 Å². The Morgan fingerprint density at radius 3 is 1.61 bits per heavy atom. The van der Waals surface area contributed by atoms with Gasteiger partial charge in [-0.05, 0) is 18.2 Å². The van der Waals surface area contributed by atoms with Crippen molar-refractivity contribution >= 4 is 40.9 Å². The Morgan fingerprint density at radius 1 is 0.667 bits per heavy atom. The van der Waals surface area contributed by atoms with Crippen LogP contribution in [-0.2, 0) is 0 Å². The lowest BCUT2D eigenvalue weighted by atomic mass is 10.2. The molecule has 0 aromatic heterocycles. The maximum Gasteiger partial charge on any atom is 0.311 e. The SMILES string of the molecule is O=[N+]([O-])c1ccc(N=Cc2cccc([N+](=O)[O-])c2O)c(N=Cc2cccc([N+](=O)[O-])c2O)c1. The van der Waals surface area contributed by atoms with E-state index < -0.39 is 37.6 Å². The maximum atomic E-state index is 11.1. The van der Waals surface area contributed by atoms with Gasteiger partial charge in [0.15, 0.2) is 0 Å². The largest absolute Gasteiger partial charge is 0.502 e. The molecule has 0 saturated carbocycles. The van der Waals surface area contributed by atoms with Crippen LogP contribution in [0.5, 0.6) is 11.5 Å². The fourth-order valence-electron chi connectivity index (χ4n) is 2.72. The second kappa shape index (κ2) is 9.30. The lowest BCUT2D eigenvalue weighted by molar-refractivity contribution is -0.386. The minimum atomic E-state index is -0.777. The lowest BCUT2D eigenvalue weighted by Crippen LogP contribution is -1.92. The average molecular weight is 451 g/mol. The predicted octanol–water partition coefficient (Wildman–Crippen LogP) is 4.32. The molecule has 0 spiro atoms. The van der Waals surface area contributed by atoms with E-state index in [1.807, 2.05) is 0 Å². The van der Waals surface area contributed by atoms with Crippen molar-refractivity contribution in [1.29, 1.82) is 0 Å². The molecule has 0 heterocycles. The number of phenols is 2. The number of benzene rings is 3. The van der Waals surface area contributed by atoms with Gasteiger partial charge in [0.05, 0.1) is 26.1 Å². The van der Waals surface area contributed by atoms with E-state index in [0.29, 0.717) is 0 Å². The molecule has 0 atom stereocenters. The van der Waals surface area contributed by atoms with Crippen molar-refractivity contribution in [1.82, 2.24) is 0 Å². The molecule has 3 rings (SSSR count). The number of nitro groups is 3. The van der Waals surface area contributed by atoms with Crippen molar-refractivity contribution in [2.75, 3.05) is 0 Å². The fraction of sp³-hybridized carbons (Fsp3) is 0. The number of hydrogen-bond donors (Lipinski definition) is 2. The van der Waals surface area contributed by atoms with Gasteiger partial charge in [0.25, 0.3) is 5.69 Å². The molecule has 13 heteroatoms. The molecule has 0 amide bonds. The smallest absolute Gasteiger partial charge is 0.311 e. The Balaban J connectivity index is 2.04. The van der Waals surface area contributed by atoms with Crippen LogP contribution < -0.4 is 0 Å². The topological polar surface area (TPSA) is 195 Å². The monoisotopic (exact) mass is 451 g/mol. The van der Waals surface area contributed by atoms with Crippen LogP contribution >= 0.6 is 0 Å². The molecule has 0 fully saturated rings. The third kappa shape index (κ3) is 4.93. The molecule has 0 saturated heterocycles. The summed E-state index contributed by atoms with van der Waals surface area (Å²) >= 11 is 0. The van der Waals surface area contributed by atoms with Crippen molar-refractivity contribution < 1.29 is 25.0 Å². The number of para-hydroxylation sites is 2. The predicted molar refractivity (Wildman–Crippen MR) is 117 cm³/mol. The van der Waals surface area contributed by atoms with Crippen LogP contribution in [0.2, 0.25) is 0 Å². The van der Waals surface area contributed by atoms with Crippen LogP contribution in [0.3, 0.4) is 0 Å². The summed E-state index contributed by atoms with van der Waals surface area (Å²) in [5, 5.41) is 53.2. The third-order valence-electron chi connectivity index (χ3n) is 4.34. The molecule has 2 N–H and O–H groups in total. The van der Waals surface area contributed by atoms with Crippen LogP contribution in [0.1, 0.15) is 11.1 Å². The van der Waals surface area contributed by atoms with Crippen molar-refractivity contribution in [2.24, 2.45) is 9.98 Å². The van der Waals surface area contributed by atoms with Gasteiger partial charge in [-0.2, -0.15) is 0 Å². The standard InChI is InChI=1S/C20H13N5O8/c26-19-12(3-1-5-17(19)24(30)31)10-21-15-8-7-14(23(28)29)9-16(15)22-11-13-4-2-6-18(20(13)27)25(32)33/h1-11,26-27H. The Kier molecular flexibility index (Phi) is 6.34. The second-order valence-corrected chi connectivity index (χ2v) is 6.39. The van der Waals surface area contributed by atoms with Crippen LogP contribution in [-0.4, -0.2) is 37.4 Å². The molecule has 0 aliphatic heterocycles. The van der Waals surface area contributed by atoms with Crippen LogP contribution in [0, 0.1) is 30.3 Å². The summed E-state index contributed by atoms with van der Waals surface area (Å²) in [6.07, 6.45) is 2.19. The van der Waals surface area contributed by atoms with Gasteiger partial charge in [-0.25, -0.2) is 0 Å². The highest BCUT2D eigenvalue weighted by atomic mass is 16.6. The molecule has 0 radical (unpaired) electrons. The molecule has 0 bridgehead atoms. The first kappa shape index (κ1) is 22.5. The first-order valence-electron chi connectivity index (χ1n) is 8.98. The minimum Gasteiger partial charge on any atom is -0.502 e. The minimum absolute atomic E-state index is 0.0121. The molecule has 166 valence electrons. The summed E-state index contributed by atoms with van der Waals surface area (Å²) in [5.74, 6) is -1.25. The maximum absolute atomic E-state index is 11.1. The number of aromatic hydroxyl groups is 2. The van der Waals surface area contributed by atoms with Gasteiger partial charge in [0, 0.05) is 47.8 Å². The number of non-ortho nitro benzene ring substituents is 1. The highest BCUT2D eigenvalue weighted by molar-refractivity contribution is 5.91. The lowest BCUT2D eigenvalue weighted by Gasteiger charge is -2.03. The number of nitro benzene ring substituents is 3. The van der Waals surface area contributed by atoms with E-state index in [1.54, 1.807) is 0 Å². The van der Waals surface area contributed by atoms with Gasteiger partial charge in [0.1, 0.15) is 0 Å². The fourth-order valence-corrected chi connectivity index (χ4v) is 2.72. The number of phenolic OH excluding ortho intramolecular Hbond substituents is 2. The highest BCUT2D eigenvalue weighted by Crippen LogP contribution is 2.34. The summed E-state index contributed by atoms with van der Waals surface area (Å²) in [4.78, 5) is 39.1. The van der Waals surface area contributed by atoms with Gasteiger partial charge in [0.2, 0.25) is 11.5 Å². The van der Waals surface area contributed by atoms with Crippen molar-refractivity contribution in [2.45, 2.75) is 0 Å². The second-order valence-electron chi connectivity index (χ2n) is 6.39. The third-order valence-corrected chi connectivity index (χ3v) is 4.34. The summed E-state index contributed by atoms with van der Waals surface area (Å²) in [7, 11) is 0. The molecule has 3 aromatic carbocycles. The highest BCUT2D eigenvalue weighted by Gasteiger charge is 2.17. The molecule has 33 heavy (non-hydrogen) atoms. The van der Waals surface area contributed by atoms with Crippen LogP contribution in [0.15, 0.2) is 64.6 Å². The average Bonchev–Trinajstić information content (AvgIpc) is 2.77. The molecular formula is C20H13N5O8. The van der Waals surface area contributed by atoms with E-state index in [2.05, 4.69) is 9.98 Å². The summed E-state index contributed by atoms with van der Waals surface area (Å²) in [6.45, 7) is 0. The first-order chi connectivity index (χ1) is 15.7. The summed E-state index contributed by atoms with van der Waals surface area (Å²) < 4.78 is 0. The van der Waals surface area contributed by atoms with Crippen LogP contribution in [0.25, 0.3) is 0 Å². The molecule has 13 nitrogen and oxygen atoms in total. The summed E-state index contributed by atoms with van der Waals surface area (Å²) in [6, 6.07) is 11.1. The Bertz CT molecular complexity index is 1340. The number of aliphatic imine (C=N–C) groups is 2. The number of rotatable bonds is 7. The molecular weight excluding hydrogens is 438 g/mol. The van der Waals surface area contributed by atoms with Gasteiger partial charge in [-0.1, -0.05) is 12.1 Å². The van der Waals surface area contributed by atoms with Crippen LogP contribution in [0.4, 0.5) is 28.4 Å². The Hall–Kier alpha value is -5.20. The Morgan fingerprint density at radius 2 is 1.15 bits per heavy atom. The van der Waals surface area contributed by atoms with E-state index in [4.69, 9.17) is 0 Å². The van der Waals surface area contributed by atoms with Gasteiger partial charge < -0.3 is 10.2 Å². The summed E-state index contributed by atoms with van der Waals surface area (Å²) in [5.41, 5.74) is -1.32. The molecule has 0 aliphatic rings. The first-order valence-corrected chi connectivity index (χ1v) is 8.98. The molecule has 0 unspecified atom stereocenters. The molecule has 3 aromatic rings. The van der Waals surface area contributed by atoms with Gasteiger partial charge >= 0.3 is 11.4 Å². The van der Waals surface area contributed by atoms with E-state index in [9.17, 15) is 40.6 Å². The van der Waals surface area contributed by atoms with Crippen molar-refractivity contribution in [3.8, 4) is 11.5 Å². The van der Waals surface area contributed by atoms with Crippen molar-refractivity contribution in [3.05, 3.63) is 96.1 Å². The quantitative estimate of drug-likeness (QED) is 0.301. The zero-order valence-corrected chi connectivity index (χ0v) is 16.4. The molecule has 0 aliphatic carbocycles. The zero-order valence-electron chi connectivity index (χ0n) is 16.4. The Labute approximate surface area is 184 Å². The normalized spacial score (nSPS) is 11.2. The number of hydrogen-bond acceptors (Lipinski definition) is 10. The van der Waals surface area contributed by atoms with E-state index in [-0.39, 0.29) is 28.2 Å². The van der Waals surface area contributed by atoms with E-state index >= 15 is 0 Å². The van der Waals surface area contributed by atoms with Gasteiger partial charge in [-0.15, -0.1) is 0 Å². The van der Waals surface area contributed by atoms with Gasteiger partial charge in [-0.3, -0.25) is 40.3 Å². The zero-order chi connectivity index (χ0) is 24.1. The number of nitrogens with zero attached hydrogens (tertiary/aromatic N) is 5. The van der Waals surface area contributed by atoms with E-state index in [1.165, 1.54) is 30.3 Å². The van der Waals surface area contributed by atoms with Crippen molar-refractivity contribution in [3.63, 3.8) is 0 Å².